The van der Waals surface area contributed by atoms with Crippen molar-refractivity contribution in [1.82, 2.24) is 10.2 Å². The van der Waals surface area contributed by atoms with Crippen LogP contribution in [0, 0.1) is 6.92 Å². The van der Waals surface area contributed by atoms with Gasteiger partial charge in [-0.05, 0) is 87.7 Å². The molecular formula is C32H37Cl2N3O5S. The van der Waals surface area contributed by atoms with Crippen LogP contribution in [0.2, 0.25) is 10.0 Å². The fraction of sp³-hybridized carbons (Fsp3) is 0.375. The summed E-state index contributed by atoms with van der Waals surface area (Å²) >= 11 is 12.6. The summed E-state index contributed by atoms with van der Waals surface area (Å²) in [5.74, 6) is -0.300. The van der Waals surface area contributed by atoms with Crippen LogP contribution in [-0.2, 0) is 26.2 Å². The number of nitrogens with zero attached hydrogens (tertiary/aromatic N) is 2. The van der Waals surface area contributed by atoms with E-state index in [0.717, 1.165) is 35.6 Å². The molecule has 1 fully saturated rings. The largest absolute Gasteiger partial charge is 0.494 e. The van der Waals surface area contributed by atoms with Crippen molar-refractivity contribution in [1.29, 1.82) is 0 Å². The summed E-state index contributed by atoms with van der Waals surface area (Å²) in [5, 5.41) is 3.83. The molecule has 11 heteroatoms. The Kier molecular flexibility index (Phi) is 11.0. The minimum Gasteiger partial charge on any atom is -0.494 e. The molecule has 0 aromatic heterocycles. The van der Waals surface area contributed by atoms with Gasteiger partial charge < -0.3 is 15.0 Å². The number of carbonyl (C=O) groups is 2. The molecule has 4 rings (SSSR count). The van der Waals surface area contributed by atoms with E-state index in [1.165, 1.54) is 17.0 Å². The molecule has 1 N–H and O–H groups in total. The minimum atomic E-state index is -4.17. The van der Waals surface area contributed by atoms with Gasteiger partial charge >= 0.3 is 0 Å². The molecule has 1 aliphatic carbocycles. The Morgan fingerprint density at radius 3 is 2.26 bits per heavy atom. The Hall–Kier alpha value is -3.27. The van der Waals surface area contributed by atoms with Gasteiger partial charge in [-0.15, -0.1) is 0 Å². The third-order valence-corrected chi connectivity index (χ3v) is 9.92. The summed E-state index contributed by atoms with van der Waals surface area (Å²) < 4.78 is 34.6. The monoisotopic (exact) mass is 645 g/mol. The molecule has 0 spiro atoms. The van der Waals surface area contributed by atoms with Crippen LogP contribution in [0.5, 0.6) is 5.75 Å². The number of ether oxygens (including phenoxy) is 1. The van der Waals surface area contributed by atoms with E-state index in [0.29, 0.717) is 28.0 Å². The zero-order valence-corrected chi connectivity index (χ0v) is 26.9. The Bertz CT molecular complexity index is 1530. The van der Waals surface area contributed by atoms with Crippen LogP contribution >= 0.6 is 23.2 Å². The second-order valence-corrected chi connectivity index (χ2v) is 13.4. The number of amides is 2. The summed E-state index contributed by atoms with van der Waals surface area (Å²) in [6.45, 7) is 5.24. The van der Waals surface area contributed by atoms with Crippen LogP contribution in [0.3, 0.4) is 0 Å². The van der Waals surface area contributed by atoms with Gasteiger partial charge in [-0.1, -0.05) is 59.8 Å². The first-order chi connectivity index (χ1) is 20.5. The fourth-order valence-electron chi connectivity index (χ4n) is 5.05. The molecule has 0 radical (unpaired) electrons. The highest BCUT2D eigenvalue weighted by Crippen LogP contribution is 2.28. The maximum atomic E-state index is 14.1. The quantitative estimate of drug-likeness (QED) is 0.247. The smallest absolute Gasteiger partial charge is 0.264 e. The standard InChI is InChI=1S/C32H37Cl2N3O5S/c1-4-42-28-15-13-27(14-16-28)37(43(40,41)29-17-9-22(2)10-18-29)21-31(38)36(20-24-11-12-25(33)19-30(24)34)23(3)32(39)35-26-7-5-6-8-26/h9-19,23,26H,4-8,20-21H2,1-3H3,(H,35,39). The summed E-state index contributed by atoms with van der Waals surface area (Å²) in [5.41, 5.74) is 1.76. The van der Waals surface area contributed by atoms with Gasteiger partial charge in [0.1, 0.15) is 18.3 Å². The molecule has 3 aromatic carbocycles. The average Bonchev–Trinajstić information content (AvgIpc) is 3.49. The van der Waals surface area contributed by atoms with Crippen LogP contribution in [0.15, 0.2) is 71.6 Å². The molecule has 230 valence electrons. The van der Waals surface area contributed by atoms with E-state index in [2.05, 4.69) is 5.32 Å². The lowest BCUT2D eigenvalue weighted by Crippen LogP contribution is -2.52. The van der Waals surface area contributed by atoms with Crippen molar-refractivity contribution in [3.8, 4) is 5.75 Å². The average molecular weight is 647 g/mol. The molecule has 1 unspecified atom stereocenters. The predicted molar refractivity (Wildman–Crippen MR) is 170 cm³/mol. The molecule has 1 saturated carbocycles. The first kappa shape index (κ1) is 32.6. The Morgan fingerprint density at radius 2 is 1.65 bits per heavy atom. The summed E-state index contributed by atoms with van der Waals surface area (Å²) in [7, 11) is -4.17. The Balaban J connectivity index is 1.70. The van der Waals surface area contributed by atoms with E-state index in [1.54, 1.807) is 61.5 Å². The van der Waals surface area contributed by atoms with Crippen molar-refractivity contribution >= 4 is 50.7 Å². The SMILES string of the molecule is CCOc1ccc(N(CC(=O)N(Cc2ccc(Cl)cc2Cl)C(C)C(=O)NC2CCCC2)S(=O)(=O)c2ccc(C)cc2)cc1. The number of rotatable bonds is 12. The van der Waals surface area contributed by atoms with Crippen LogP contribution in [0.4, 0.5) is 5.69 Å². The number of carbonyl (C=O) groups excluding carboxylic acids is 2. The highest BCUT2D eigenvalue weighted by atomic mass is 35.5. The molecule has 1 aliphatic rings. The fourth-order valence-corrected chi connectivity index (χ4v) is 6.93. The lowest BCUT2D eigenvalue weighted by Gasteiger charge is -2.32. The second-order valence-electron chi connectivity index (χ2n) is 10.7. The Morgan fingerprint density at radius 1 is 1.00 bits per heavy atom. The minimum absolute atomic E-state index is 0.0181. The molecule has 0 heterocycles. The third-order valence-electron chi connectivity index (χ3n) is 7.55. The maximum absolute atomic E-state index is 14.1. The topological polar surface area (TPSA) is 96.0 Å². The zero-order chi connectivity index (χ0) is 31.1. The molecule has 0 saturated heterocycles. The van der Waals surface area contributed by atoms with Gasteiger partial charge in [-0.3, -0.25) is 13.9 Å². The van der Waals surface area contributed by atoms with Gasteiger partial charge in [0, 0.05) is 22.6 Å². The highest BCUT2D eigenvalue weighted by molar-refractivity contribution is 7.92. The zero-order valence-electron chi connectivity index (χ0n) is 24.6. The van der Waals surface area contributed by atoms with Gasteiger partial charge in [0.15, 0.2) is 0 Å². The van der Waals surface area contributed by atoms with Crippen molar-refractivity contribution in [3.05, 3.63) is 87.9 Å². The van der Waals surface area contributed by atoms with Crippen molar-refractivity contribution in [2.24, 2.45) is 0 Å². The van der Waals surface area contributed by atoms with Crippen LogP contribution in [0.1, 0.15) is 50.7 Å². The summed E-state index contributed by atoms with van der Waals surface area (Å²) in [4.78, 5) is 28.9. The number of sulfonamides is 1. The molecular weight excluding hydrogens is 609 g/mol. The van der Waals surface area contributed by atoms with E-state index < -0.39 is 28.5 Å². The molecule has 2 amide bonds. The predicted octanol–water partition coefficient (Wildman–Crippen LogP) is 6.37. The van der Waals surface area contributed by atoms with E-state index in [9.17, 15) is 18.0 Å². The van der Waals surface area contributed by atoms with Gasteiger partial charge in [0.25, 0.3) is 10.0 Å². The molecule has 0 bridgehead atoms. The lowest BCUT2D eigenvalue weighted by molar-refractivity contribution is -0.139. The molecule has 1 atom stereocenters. The van der Waals surface area contributed by atoms with Crippen molar-refractivity contribution < 1.29 is 22.7 Å². The van der Waals surface area contributed by atoms with Crippen molar-refractivity contribution in [3.63, 3.8) is 0 Å². The van der Waals surface area contributed by atoms with Gasteiger partial charge in [0.2, 0.25) is 11.8 Å². The third kappa shape index (κ3) is 8.22. The van der Waals surface area contributed by atoms with Crippen LogP contribution < -0.4 is 14.4 Å². The van der Waals surface area contributed by atoms with E-state index in [1.807, 2.05) is 13.8 Å². The lowest BCUT2D eigenvalue weighted by atomic mass is 10.1. The first-order valence-corrected chi connectivity index (χ1v) is 16.5. The molecule has 0 aliphatic heterocycles. The van der Waals surface area contributed by atoms with E-state index in [4.69, 9.17) is 27.9 Å². The van der Waals surface area contributed by atoms with E-state index in [-0.39, 0.29) is 29.1 Å². The first-order valence-electron chi connectivity index (χ1n) is 14.4. The molecule has 8 nitrogen and oxygen atoms in total. The number of benzene rings is 3. The van der Waals surface area contributed by atoms with Gasteiger partial charge in [-0.2, -0.15) is 0 Å². The molecule has 43 heavy (non-hydrogen) atoms. The van der Waals surface area contributed by atoms with E-state index >= 15 is 0 Å². The summed E-state index contributed by atoms with van der Waals surface area (Å²) in [6.07, 6.45) is 3.85. The normalized spacial score (nSPS) is 14.3. The highest BCUT2D eigenvalue weighted by Gasteiger charge is 2.33. The van der Waals surface area contributed by atoms with Crippen molar-refractivity contribution in [2.45, 2.75) is 70.0 Å². The van der Waals surface area contributed by atoms with Crippen LogP contribution in [-0.4, -0.2) is 50.4 Å². The number of anilines is 1. The number of hydrogen-bond acceptors (Lipinski definition) is 5. The molecule has 3 aromatic rings. The van der Waals surface area contributed by atoms with Crippen LogP contribution in [0.25, 0.3) is 0 Å². The summed E-state index contributed by atoms with van der Waals surface area (Å²) in [6, 6.07) is 17.0. The Labute approximate surface area is 264 Å². The number of aryl methyl sites for hydroxylation is 1. The number of nitrogens with one attached hydrogen (secondary N) is 1. The van der Waals surface area contributed by atoms with Crippen molar-refractivity contribution in [2.75, 3.05) is 17.5 Å². The van der Waals surface area contributed by atoms with Gasteiger partial charge in [-0.25, -0.2) is 8.42 Å². The maximum Gasteiger partial charge on any atom is 0.264 e. The second kappa shape index (κ2) is 14.5. The number of halogens is 2. The van der Waals surface area contributed by atoms with Gasteiger partial charge in [0.05, 0.1) is 17.2 Å². The number of hydrogen-bond donors (Lipinski definition) is 1.